The summed E-state index contributed by atoms with van der Waals surface area (Å²) in [5.74, 6) is -8.36. The quantitative estimate of drug-likeness (QED) is 0.486. The van der Waals surface area contributed by atoms with E-state index in [-0.39, 0.29) is 5.56 Å². The normalized spacial score (nSPS) is 11.1. The van der Waals surface area contributed by atoms with E-state index in [2.05, 4.69) is 4.98 Å². The summed E-state index contributed by atoms with van der Waals surface area (Å²) in [6.07, 6.45) is 0.380. The highest BCUT2D eigenvalue weighted by Crippen LogP contribution is 2.29. The standard InChI is InChI=1S/C10H5F4NO2/c11-6-5-3(1-4(16)17)2-15-10(5)9(14)8(13)7(6)12/h2,15H,1H2,(H,16,17). The molecule has 0 aliphatic rings. The summed E-state index contributed by atoms with van der Waals surface area (Å²) in [5.41, 5.74) is -0.736. The molecular formula is C10H5F4NO2. The average molecular weight is 247 g/mol. The van der Waals surface area contributed by atoms with Crippen LogP contribution in [-0.2, 0) is 11.2 Å². The Hall–Kier alpha value is -2.05. The lowest BCUT2D eigenvalue weighted by Crippen LogP contribution is -2.02. The van der Waals surface area contributed by atoms with Gasteiger partial charge in [0.15, 0.2) is 23.3 Å². The maximum atomic E-state index is 13.4. The van der Waals surface area contributed by atoms with Crippen LogP contribution in [0.25, 0.3) is 10.9 Å². The SMILES string of the molecule is O=C(O)Cc1c[nH]c2c(F)c(F)c(F)c(F)c12. The number of nitrogens with one attached hydrogen (secondary N) is 1. The van der Waals surface area contributed by atoms with Crippen molar-refractivity contribution in [3.8, 4) is 0 Å². The molecule has 0 radical (unpaired) electrons. The van der Waals surface area contributed by atoms with Crippen molar-refractivity contribution in [2.24, 2.45) is 0 Å². The van der Waals surface area contributed by atoms with E-state index in [9.17, 15) is 22.4 Å². The molecule has 1 aromatic heterocycles. The van der Waals surface area contributed by atoms with Crippen LogP contribution >= 0.6 is 0 Å². The average Bonchev–Trinajstić information content (AvgIpc) is 2.66. The molecule has 1 heterocycles. The van der Waals surface area contributed by atoms with E-state index in [4.69, 9.17) is 5.11 Å². The van der Waals surface area contributed by atoms with Gasteiger partial charge in [-0.1, -0.05) is 0 Å². The Morgan fingerprint density at radius 3 is 2.29 bits per heavy atom. The van der Waals surface area contributed by atoms with Crippen LogP contribution in [-0.4, -0.2) is 16.1 Å². The Bertz CT molecular complexity index is 621. The van der Waals surface area contributed by atoms with Crippen molar-refractivity contribution in [2.45, 2.75) is 6.42 Å². The van der Waals surface area contributed by atoms with Gasteiger partial charge in [-0.2, -0.15) is 0 Å². The smallest absolute Gasteiger partial charge is 0.307 e. The summed E-state index contributed by atoms with van der Waals surface area (Å²) in [6.45, 7) is 0. The topological polar surface area (TPSA) is 53.1 Å². The van der Waals surface area contributed by atoms with Gasteiger partial charge in [0.2, 0.25) is 0 Å². The summed E-state index contributed by atoms with van der Waals surface area (Å²) >= 11 is 0. The molecule has 0 saturated carbocycles. The molecule has 0 atom stereocenters. The van der Waals surface area contributed by atoms with Gasteiger partial charge in [-0.05, 0) is 5.56 Å². The molecule has 2 aromatic rings. The van der Waals surface area contributed by atoms with E-state index >= 15 is 0 Å². The summed E-state index contributed by atoms with van der Waals surface area (Å²) in [5, 5.41) is 7.95. The maximum Gasteiger partial charge on any atom is 0.307 e. The molecule has 0 bridgehead atoms. The third-order valence-corrected chi connectivity index (χ3v) is 2.32. The second-order valence-corrected chi connectivity index (χ2v) is 3.39. The number of rotatable bonds is 2. The lowest BCUT2D eigenvalue weighted by atomic mass is 10.1. The van der Waals surface area contributed by atoms with Gasteiger partial charge >= 0.3 is 5.97 Å². The molecule has 7 heteroatoms. The van der Waals surface area contributed by atoms with E-state index < -0.39 is 46.6 Å². The summed E-state index contributed by atoms with van der Waals surface area (Å²) in [4.78, 5) is 12.6. The predicted octanol–water partition coefficient (Wildman–Crippen LogP) is 2.35. The van der Waals surface area contributed by atoms with Crippen LogP contribution in [0.5, 0.6) is 0 Å². The van der Waals surface area contributed by atoms with Crippen molar-refractivity contribution in [1.82, 2.24) is 4.98 Å². The van der Waals surface area contributed by atoms with Crippen LogP contribution in [0.1, 0.15) is 5.56 Å². The van der Waals surface area contributed by atoms with Crippen molar-refractivity contribution in [2.75, 3.05) is 0 Å². The fourth-order valence-corrected chi connectivity index (χ4v) is 1.60. The zero-order valence-electron chi connectivity index (χ0n) is 8.15. The molecule has 2 N–H and O–H groups in total. The van der Waals surface area contributed by atoms with Gasteiger partial charge in [0.25, 0.3) is 0 Å². The van der Waals surface area contributed by atoms with E-state index in [1.807, 2.05) is 0 Å². The summed E-state index contributed by atoms with van der Waals surface area (Å²) in [7, 11) is 0. The minimum atomic E-state index is -1.96. The Kier molecular flexibility index (Phi) is 2.53. The fraction of sp³-hybridized carbons (Fsp3) is 0.100. The molecule has 0 spiro atoms. The number of hydrogen-bond acceptors (Lipinski definition) is 1. The molecule has 1 aromatic carbocycles. The van der Waals surface area contributed by atoms with Crippen LogP contribution in [0, 0.1) is 23.3 Å². The largest absolute Gasteiger partial charge is 0.481 e. The first-order valence-corrected chi connectivity index (χ1v) is 4.47. The monoisotopic (exact) mass is 247 g/mol. The van der Waals surface area contributed by atoms with Crippen LogP contribution in [0.2, 0.25) is 0 Å². The second kappa shape index (κ2) is 3.76. The Labute approximate surface area is 91.7 Å². The van der Waals surface area contributed by atoms with Crippen molar-refractivity contribution >= 4 is 16.9 Å². The van der Waals surface area contributed by atoms with Crippen molar-refractivity contribution < 1.29 is 27.5 Å². The van der Waals surface area contributed by atoms with Crippen molar-refractivity contribution in [3.63, 3.8) is 0 Å². The third kappa shape index (κ3) is 1.63. The van der Waals surface area contributed by atoms with Gasteiger partial charge < -0.3 is 10.1 Å². The predicted molar refractivity (Wildman–Crippen MR) is 49.5 cm³/mol. The number of carboxylic acid groups (broad SMARTS) is 1. The highest BCUT2D eigenvalue weighted by Gasteiger charge is 2.24. The number of aromatic nitrogens is 1. The highest BCUT2D eigenvalue weighted by molar-refractivity contribution is 5.88. The van der Waals surface area contributed by atoms with Gasteiger partial charge in [-0.25, -0.2) is 17.6 Å². The van der Waals surface area contributed by atoms with Crippen LogP contribution in [0.4, 0.5) is 17.6 Å². The number of benzene rings is 1. The van der Waals surface area contributed by atoms with Crippen LogP contribution in [0.3, 0.4) is 0 Å². The fourth-order valence-electron chi connectivity index (χ4n) is 1.60. The lowest BCUT2D eigenvalue weighted by molar-refractivity contribution is -0.136. The molecule has 0 aliphatic carbocycles. The zero-order valence-corrected chi connectivity index (χ0v) is 8.15. The molecule has 2 rings (SSSR count). The van der Waals surface area contributed by atoms with Gasteiger partial charge in [0.05, 0.1) is 11.9 Å². The Morgan fingerprint density at radius 2 is 1.71 bits per heavy atom. The molecule has 0 aliphatic heterocycles. The number of fused-ring (bicyclic) bond motifs is 1. The molecule has 0 amide bonds. The Balaban J connectivity index is 2.80. The van der Waals surface area contributed by atoms with Crippen LogP contribution < -0.4 is 0 Å². The van der Waals surface area contributed by atoms with Crippen molar-refractivity contribution in [3.05, 3.63) is 35.0 Å². The summed E-state index contributed by atoms with van der Waals surface area (Å²) < 4.78 is 52.5. The third-order valence-electron chi connectivity index (χ3n) is 2.32. The number of hydrogen-bond donors (Lipinski definition) is 2. The van der Waals surface area contributed by atoms with Gasteiger partial charge in [-0.15, -0.1) is 0 Å². The van der Waals surface area contributed by atoms with Gasteiger partial charge in [0, 0.05) is 11.6 Å². The van der Waals surface area contributed by atoms with Crippen molar-refractivity contribution in [1.29, 1.82) is 0 Å². The molecule has 90 valence electrons. The van der Waals surface area contributed by atoms with E-state index in [0.29, 0.717) is 0 Å². The first-order valence-electron chi connectivity index (χ1n) is 4.47. The first-order chi connectivity index (χ1) is 7.93. The number of H-pyrrole nitrogens is 1. The zero-order chi connectivity index (χ0) is 12.7. The molecular weight excluding hydrogens is 242 g/mol. The lowest BCUT2D eigenvalue weighted by Gasteiger charge is -2.01. The number of carbonyl (C=O) groups is 1. The van der Waals surface area contributed by atoms with E-state index in [1.54, 1.807) is 0 Å². The van der Waals surface area contributed by atoms with Gasteiger partial charge in [-0.3, -0.25) is 4.79 Å². The van der Waals surface area contributed by atoms with E-state index in [1.165, 1.54) is 0 Å². The van der Waals surface area contributed by atoms with E-state index in [0.717, 1.165) is 6.20 Å². The minimum absolute atomic E-state index is 0.150. The van der Waals surface area contributed by atoms with Crippen LogP contribution in [0.15, 0.2) is 6.20 Å². The van der Waals surface area contributed by atoms with Gasteiger partial charge in [0.1, 0.15) is 0 Å². The number of halogens is 4. The highest BCUT2D eigenvalue weighted by atomic mass is 19.2. The number of carboxylic acids is 1. The molecule has 0 unspecified atom stereocenters. The molecule has 3 nitrogen and oxygen atoms in total. The molecule has 17 heavy (non-hydrogen) atoms. The minimum Gasteiger partial charge on any atom is -0.481 e. The molecule has 0 saturated heterocycles. The Morgan fingerprint density at radius 1 is 1.12 bits per heavy atom. The first kappa shape index (κ1) is 11.4. The summed E-state index contributed by atoms with van der Waals surface area (Å²) in [6, 6.07) is 0. The second-order valence-electron chi connectivity index (χ2n) is 3.39. The molecule has 0 fully saturated rings. The number of aromatic amines is 1. The number of aliphatic carboxylic acids is 1. The maximum absolute atomic E-state index is 13.4.